The third-order valence-electron chi connectivity index (χ3n) is 4.25. The highest BCUT2D eigenvalue weighted by molar-refractivity contribution is 7.89. The number of rotatable bonds is 5. The Bertz CT molecular complexity index is 592. The lowest BCUT2D eigenvalue weighted by Crippen LogP contribution is -2.41. The van der Waals surface area contributed by atoms with Crippen molar-refractivity contribution < 1.29 is 8.42 Å². The molecule has 0 atom stereocenters. The number of aryl methyl sites for hydroxylation is 2. The normalized spacial score (nSPS) is 16.4. The number of nitrogens with zero attached hydrogens (tertiary/aromatic N) is 1. The first-order valence-electron chi connectivity index (χ1n) is 7.10. The molecule has 1 N–H and O–H groups in total. The van der Waals surface area contributed by atoms with Crippen molar-refractivity contribution >= 4 is 10.0 Å². The fourth-order valence-corrected chi connectivity index (χ4v) is 4.31. The molecule has 0 heterocycles. The summed E-state index contributed by atoms with van der Waals surface area (Å²) in [5.41, 5.74) is 2.99. The zero-order valence-corrected chi connectivity index (χ0v) is 13.5. The van der Waals surface area contributed by atoms with Gasteiger partial charge in [-0.25, -0.2) is 8.42 Å². The highest BCUT2D eigenvalue weighted by Gasteiger charge is 2.32. The lowest BCUT2D eigenvalue weighted by Gasteiger charge is -2.34. The van der Waals surface area contributed by atoms with E-state index in [2.05, 4.69) is 5.32 Å². The number of benzene rings is 1. The number of sulfonamides is 1. The lowest BCUT2D eigenvalue weighted by molar-refractivity contribution is 0.249. The van der Waals surface area contributed by atoms with Crippen LogP contribution < -0.4 is 5.32 Å². The maximum absolute atomic E-state index is 12.8. The summed E-state index contributed by atoms with van der Waals surface area (Å²) in [6.45, 7) is 4.57. The number of nitrogens with one attached hydrogen (secondary N) is 1. The van der Waals surface area contributed by atoms with E-state index < -0.39 is 10.0 Å². The first-order chi connectivity index (χ1) is 9.37. The van der Waals surface area contributed by atoms with Crippen LogP contribution in [0.3, 0.4) is 0 Å². The van der Waals surface area contributed by atoms with E-state index in [0.29, 0.717) is 11.4 Å². The van der Waals surface area contributed by atoms with Crippen molar-refractivity contribution in [2.45, 2.75) is 50.6 Å². The topological polar surface area (TPSA) is 49.4 Å². The first kappa shape index (κ1) is 15.5. The van der Waals surface area contributed by atoms with Gasteiger partial charge >= 0.3 is 0 Å². The summed E-state index contributed by atoms with van der Waals surface area (Å²) in [6, 6.07) is 3.97. The quantitative estimate of drug-likeness (QED) is 0.906. The number of hydrogen-bond acceptors (Lipinski definition) is 3. The van der Waals surface area contributed by atoms with E-state index in [4.69, 9.17) is 0 Å². The second kappa shape index (κ2) is 5.84. The Balaban J connectivity index is 2.42. The molecule has 1 fully saturated rings. The summed E-state index contributed by atoms with van der Waals surface area (Å²) < 4.78 is 27.1. The molecule has 0 bridgehead atoms. The molecule has 1 aliphatic rings. The maximum Gasteiger partial charge on any atom is 0.243 e. The van der Waals surface area contributed by atoms with Gasteiger partial charge in [-0.05, 0) is 56.5 Å². The van der Waals surface area contributed by atoms with Crippen molar-refractivity contribution in [2.75, 3.05) is 14.1 Å². The Morgan fingerprint density at radius 3 is 2.40 bits per heavy atom. The van der Waals surface area contributed by atoms with Crippen molar-refractivity contribution in [1.29, 1.82) is 0 Å². The smallest absolute Gasteiger partial charge is 0.243 e. The number of hydrogen-bond donors (Lipinski definition) is 1. The van der Waals surface area contributed by atoms with E-state index in [1.807, 2.05) is 33.0 Å². The Kier molecular flexibility index (Phi) is 4.52. The highest BCUT2D eigenvalue weighted by Crippen LogP contribution is 2.30. The van der Waals surface area contributed by atoms with Crippen molar-refractivity contribution in [1.82, 2.24) is 9.62 Å². The highest BCUT2D eigenvalue weighted by atomic mass is 32.2. The van der Waals surface area contributed by atoms with Gasteiger partial charge in [0.25, 0.3) is 0 Å². The summed E-state index contributed by atoms with van der Waals surface area (Å²) in [7, 11) is 0.192. The molecule has 1 aromatic rings. The van der Waals surface area contributed by atoms with Crippen LogP contribution in [0.1, 0.15) is 36.0 Å². The van der Waals surface area contributed by atoms with Crippen LogP contribution in [0.5, 0.6) is 0 Å². The average Bonchev–Trinajstić information content (AvgIpc) is 2.30. The predicted octanol–water partition coefficient (Wildman–Crippen LogP) is 2.20. The van der Waals surface area contributed by atoms with Crippen LogP contribution >= 0.6 is 0 Å². The van der Waals surface area contributed by atoms with Crippen molar-refractivity contribution in [2.24, 2.45) is 0 Å². The Morgan fingerprint density at radius 1 is 1.25 bits per heavy atom. The van der Waals surface area contributed by atoms with Gasteiger partial charge in [0.2, 0.25) is 10.0 Å². The molecule has 1 aliphatic carbocycles. The van der Waals surface area contributed by atoms with Gasteiger partial charge in [-0.2, -0.15) is 4.31 Å². The average molecular weight is 296 g/mol. The van der Waals surface area contributed by atoms with E-state index in [1.165, 1.54) is 0 Å². The second-order valence-electron chi connectivity index (χ2n) is 5.68. The molecule has 0 aliphatic heterocycles. The summed E-state index contributed by atoms with van der Waals surface area (Å²) in [5, 5.41) is 3.09. The van der Waals surface area contributed by atoms with Crippen LogP contribution in [0.2, 0.25) is 0 Å². The molecule has 20 heavy (non-hydrogen) atoms. The van der Waals surface area contributed by atoms with E-state index in [1.54, 1.807) is 11.4 Å². The van der Waals surface area contributed by atoms with Gasteiger partial charge in [0.1, 0.15) is 0 Å². The first-order valence-corrected chi connectivity index (χ1v) is 8.54. The SMILES string of the molecule is CNCc1cc(S(=O)(=O)N(C)C2CCC2)c(C)cc1C. The van der Waals surface area contributed by atoms with Gasteiger partial charge in [-0.1, -0.05) is 12.5 Å². The van der Waals surface area contributed by atoms with Gasteiger partial charge in [-0.3, -0.25) is 0 Å². The molecular weight excluding hydrogens is 272 g/mol. The minimum atomic E-state index is -3.38. The van der Waals surface area contributed by atoms with Gasteiger partial charge in [0, 0.05) is 19.6 Å². The van der Waals surface area contributed by atoms with Gasteiger partial charge in [-0.15, -0.1) is 0 Å². The molecule has 0 spiro atoms. The van der Waals surface area contributed by atoms with E-state index >= 15 is 0 Å². The summed E-state index contributed by atoms with van der Waals surface area (Å²) >= 11 is 0. The molecule has 0 saturated heterocycles. The molecule has 0 aromatic heterocycles. The lowest BCUT2D eigenvalue weighted by atomic mass is 9.94. The Morgan fingerprint density at radius 2 is 1.90 bits per heavy atom. The van der Waals surface area contributed by atoms with Crippen molar-refractivity contribution in [3.63, 3.8) is 0 Å². The summed E-state index contributed by atoms with van der Waals surface area (Å²) in [5.74, 6) is 0. The molecule has 112 valence electrons. The molecular formula is C15H24N2O2S. The minimum Gasteiger partial charge on any atom is -0.316 e. The molecule has 0 radical (unpaired) electrons. The van der Waals surface area contributed by atoms with Crippen molar-refractivity contribution in [3.05, 3.63) is 28.8 Å². The van der Waals surface area contributed by atoms with Crippen LogP contribution in [-0.2, 0) is 16.6 Å². The van der Waals surface area contributed by atoms with Gasteiger partial charge in [0.15, 0.2) is 0 Å². The minimum absolute atomic E-state index is 0.174. The van der Waals surface area contributed by atoms with Crippen LogP contribution in [0.15, 0.2) is 17.0 Å². The molecule has 4 nitrogen and oxygen atoms in total. The molecule has 1 saturated carbocycles. The Labute approximate surface area is 122 Å². The Hall–Kier alpha value is -0.910. The van der Waals surface area contributed by atoms with Crippen LogP contribution in [-0.4, -0.2) is 32.9 Å². The van der Waals surface area contributed by atoms with E-state index in [9.17, 15) is 8.42 Å². The largest absolute Gasteiger partial charge is 0.316 e. The molecule has 2 rings (SSSR count). The molecule has 0 unspecified atom stereocenters. The zero-order chi connectivity index (χ0) is 14.9. The molecule has 5 heteroatoms. The third kappa shape index (κ3) is 2.75. The summed E-state index contributed by atoms with van der Waals surface area (Å²) in [6.07, 6.45) is 3.08. The fourth-order valence-electron chi connectivity index (χ4n) is 2.63. The van der Waals surface area contributed by atoms with E-state index in [-0.39, 0.29) is 6.04 Å². The monoisotopic (exact) mass is 296 g/mol. The standard InChI is InChI=1S/C15H24N2O2S/c1-11-8-12(2)15(9-13(11)10-16-3)20(18,19)17(4)14-6-5-7-14/h8-9,14,16H,5-7,10H2,1-4H3. The second-order valence-corrected chi connectivity index (χ2v) is 7.65. The third-order valence-corrected chi connectivity index (χ3v) is 6.30. The van der Waals surface area contributed by atoms with Gasteiger partial charge < -0.3 is 5.32 Å². The van der Waals surface area contributed by atoms with E-state index in [0.717, 1.165) is 36.0 Å². The van der Waals surface area contributed by atoms with Gasteiger partial charge in [0.05, 0.1) is 4.90 Å². The van der Waals surface area contributed by atoms with Crippen LogP contribution in [0.25, 0.3) is 0 Å². The van der Waals surface area contributed by atoms with Crippen LogP contribution in [0, 0.1) is 13.8 Å². The molecule has 1 aromatic carbocycles. The zero-order valence-electron chi connectivity index (χ0n) is 12.7. The summed E-state index contributed by atoms with van der Waals surface area (Å²) in [4.78, 5) is 0.447. The van der Waals surface area contributed by atoms with Crippen molar-refractivity contribution in [3.8, 4) is 0 Å². The van der Waals surface area contributed by atoms with Crippen LogP contribution in [0.4, 0.5) is 0 Å². The fraction of sp³-hybridized carbons (Fsp3) is 0.600. The predicted molar refractivity (Wildman–Crippen MR) is 81.3 cm³/mol. The molecule has 0 amide bonds. The maximum atomic E-state index is 12.8.